The van der Waals surface area contributed by atoms with Gasteiger partial charge < -0.3 is 19.5 Å². The molecule has 1 aliphatic rings. The highest BCUT2D eigenvalue weighted by molar-refractivity contribution is 5.68. The molecule has 0 aromatic rings. The Morgan fingerprint density at radius 2 is 1.94 bits per heavy atom. The smallest absolute Gasteiger partial charge is 0.410 e. The molecule has 0 aromatic carbocycles. The van der Waals surface area contributed by atoms with Gasteiger partial charge in [-0.25, -0.2) is 4.79 Å². The summed E-state index contributed by atoms with van der Waals surface area (Å²) < 4.78 is 10.9. The van der Waals surface area contributed by atoms with Gasteiger partial charge >= 0.3 is 6.09 Å². The van der Waals surface area contributed by atoms with Crippen LogP contribution in [0.25, 0.3) is 0 Å². The van der Waals surface area contributed by atoms with Crippen molar-refractivity contribution in [2.75, 3.05) is 26.3 Å². The number of carbonyl (C=O) groups is 1. The highest BCUT2D eigenvalue weighted by Gasteiger charge is 2.26. The highest BCUT2D eigenvalue weighted by Crippen LogP contribution is 2.17. The summed E-state index contributed by atoms with van der Waals surface area (Å²) in [6.45, 7) is 7.72. The standard InChI is InChI=1S/C13H25NO4/c1-13(2,3)18-12(16)14-7-5-11(6-8-14)17-10-4-9-15/h11,15H,4-10H2,1-3H3. The SMILES string of the molecule is CC(C)(C)OC(=O)N1CCC(OCCCO)CC1. The number of aliphatic hydroxyl groups is 1. The molecule has 1 N–H and O–H groups in total. The van der Waals surface area contributed by atoms with Gasteiger partial charge in [0.25, 0.3) is 0 Å². The largest absolute Gasteiger partial charge is 0.444 e. The molecule has 1 amide bonds. The van der Waals surface area contributed by atoms with Gasteiger partial charge in [-0.15, -0.1) is 0 Å². The molecule has 5 nitrogen and oxygen atoms in total. The molecule has 1 heterocycles. The zero-order chi connectivity index (χ0) is 13.6. The number of amides is 1. The molecule has 5 heteroatoms. The first-order chi connectivity index (χ1) is 8.42. The first kappa shape index (κ1) is 15.2. The van der Waals surface area contributed by atoms with Crippen molar-refractivity contribution in [1.82, 2.24) is 4.90 Å². The number of hydrogen-bond acceptors (Lipinski definition) is 4. The van der Waals surface area contributed by atoms with E-state index in [2.05, 4.69) is 0 Å². The summed E-state index contributed by atoms with van der Waals surface area (Å²) in [5.74, 6) is 0. The van der Waals surface area contributed by atoms with Crippen LogP contribution in [0.3, 0.4) is 0 Å². The van der Waals surface area contributed by atoms with Crippen molar-refractivity contribution in [3.05, 3.63) is 0 Å². The predicted octanol–water partition coefficient (Wildman–Crippen LogP) is 1.78. The maximum atomic E-state index is 11.8. The number of aliphatic hydroxyl groups excluding tert-OH is 1. The van der Waals surface area contributed by atoms with Gasteiger partial charge in [0, 0.05) is 26.3 Å². The second-order valence-electron chi connectivity index (χ2n) is 5.61. The van der Waals surface area contributed by atoms with E-state index in [0.29, 0.717) is 26.1 Å². The average molecular weight is 259 g/mol. The van der Waals surface area contributed by atoms with Crippen molar-refractivity contribution in [3.63, 3.8) is 0 Å². The maximum absolute atomic E-state index is 11.8. The molecule has 0 bridgehead atoms. The summed E-state index contributed by atoms with van der Waals surface area (Å²) in [7, 11) is 0. The first-order valence-corrected chi connectivity index (χ1v) is 6.63. The van der Waals surface area contributed by atoms with Crippen molar-refractivity contribution in [3.8, 4) is 0 Å². The van der Waals surface area contributed by atoms with E-state index in [1.165, 1.54) is 0 Å². The maximum Gasteiger partial charge on any atom is 0.410 e. The van der Waals surface area contributed by atoms with Gasteiger partial charge in [0.2, 0.25) is 0 Å². The van der Waals surface area contributed by atoms with Crippen molar-refractivity contribution in [1.29, 1.82) is 0 Å². The Bertz CT molecular complexity index is 254. The van der Waals surface area contributed by atoms with Gasteiger partial charge in [0.1, 0.15) is 5.60 Å². The monoisotopic (exact) mass is 259 g/mol. The quantitative estimate of drug-likeness (QED) is 0.782. The molecule has 1 rings (SSSR count). The number of piperidine rings is 1. The third-order valence-electron chi connectivity index (χ3n) is 2.75. The van der Waals surface area contributed by atoms with E-state index >= 15 is 0 Å². The van der Waals surface area contributed by atoms with Gasteiger partial charge in [-0.1, -0.05) is 0 Å². The van der Waals surface area contributed by atoms with E-state index in [1.807, 2.05) is 20.8 Å². The lowest BCUT2D eigenvalue weighted by Gasteiger charge is -2.33. The van der Waals surface area contributed by atoms with Crippen LogP contribution in [0.1, 0.15) is 40.0 Å². The summed E-state index contributed by atoms with van der Waals surface area (Å²) in [4.78, 5) is 13.5. The highest BCUT2D eigenvalue weighted by atomic mass is 16.6. The van der Waals surface area contributed by atoms with Crippen LogP contribution in [0.2, 0.25) is 0 Å². The number of ether oxygens (including phenoxy) is 2. The number of hydrogen-bond donors (Lipinski definition) is 1. The molecular weight excluding hydrogens is 234 g/mol. The molecular formula is C13H25NO4. The van der Waals surface area contributed by atoms with Crippen molar-refractivity contribution in [2.24, 2.45) is 0 Å². The fourth-order valence-corrected chi connectivity index (χ4v) is 1.85. The van der Waals surface area contributed by atoms with Crippen LogP contribution < -0.4 is 0 Å². The normalized spacial score (nSPS) is 17.9. The van der Waals surface area contributed by atoms with Crippen LogP contribution in [0, 0.1) is 0 Å². The second kappa shape index (κ2) is 6.95. The molecule has 0 spiro atoms. The summed E-state index contributed by atoms with van der Waals surface area (Å²) in [6.07, 6.45) is 2.31. The Labute approximate surface area is 109 Å². The Kier molecular flexibility index (Phi) is 5.88. The lowest BCUT2D eigenvalue weighted by atomic mass is 10.1. The molecule has 0 aromatic heterocycles. The molecule has 0 aliphatic carbocycles. The van der Waals surface area contributed by atoms with Crippen molar-refractivity contribution < 1.29 is 19.4 Å². The summed E-state index contributed by atoms with van der Waals surface area (Å²) in [5, 5.41) is 8.67. The van der Waals surface area contributed by atoms with E-state index in [0.717, 1.165) is 12.8 Å². The molecule has 0 unspecified atom stereocenters. The minimum atomic E-state index is -0.439. The second-order valence-corrected chi connectivity index (χ2v) is 5.61. The van der Waals surface area contributed by atoms with E-state index in [1.54, 1.807) is 4.90 Å². The lowest BCUT2D eigenvalue weighted by molar-refractivity contribution is -0.0138. The number of carbonyl (C=O) groups excluding carboxylic acids is 1. The lowest BCUT2D eigenvalue weighted by Crippen LogP contribution is -2.43. The van der Waals surface area contributed by atoms with E-state index in [4.69, 9.17) is 14.6 Å². The minimum absolute atomic E-state index is 0.163. The third-order valence-corrected chi connectivity index (χ3v) is 2.75. The Morgan fingerprint density at radius 1 is 1.33 bits per heavy atom. The van der Waals surface area contributed by atoms with Gasteiger partial charge in [0.05, 0.1) is 6.10 Å². The Hall–Kier alpha value is -0.810. The third kappa shape index (κ3) is 5.69. The number of rotatable bonds is 4. The van der Waals surface area contributed by atoms with Crippen molar-refractivity contribution in [2.45, 2.75) is 51.7 Å². The topological polar surface area (TPSA) is 59.0 Å². The number of nitrogens with zero attached hydrogens (tertiary/aromatic N) is 1. The molecule has 1 fully saturated rings. The average Bonchev–Trinajstić information content (AvgIpc) is 2.28. The number of likely N-dealkylation sites (tertiary alicyclic amines) is 1. The first-order valence-electron chi connectivity index (χ1n) is 6.63. The summed E-state index contributed by atoms with van der Waals surface area (Å²) in [6, 6.07) is 0. The fourth-order valence-electron chi connectivity index (χ4n) is 1.85. The Morgan fingerprint density at radius 3 is 2.44 bits per heavy atom. The predicted molar refractivity (Wildman–Crippen MR) is 68.5 cm³/mol. The van der Waals surface area contributed by atoms with E-state index < -0.39 is 5.60 Å². The van der Waals surface area contributed by atoms with Crippen LogP contribution in [0.15, 0.2) is 0 Å². The Balaban J connectivity index is 2.24. The van der Waals surface area contributed by atoms with Crippen LogP contribution in [-0.4, -0.2) is 54.1 Å². The molecule has 0 atom stereocenters. The van der Waals surface area contributed by atoms with Crippen LogP contribution in [-0.2, 0) is 9.47 Å². The molecule has 1 saturated heterocycles. The van der Waals surface area contributed by atoms with Gasteiger partial charge in [-0.3, -0.25) is 0 Å². The summed E-state index contributed by atoms with van der Waals surface area (Å²) in [5.41, 5.74) is -0.439. The molecule has 0 saturated carbocycles. The fraction of sp³-hybridized carbons (Fsp3) is 0.923. The zero-order valence-electron chi connectivity index (χ0n) is 11.6. The van der Waals surface area contributed by atoms with Gasteiger partial charge in [0.15, 0.2) is 0 Å². The molecule has 106 valence electrons. The van der Waals surface area contributed by atoms with Crippen molar-refractivity contribution >= 4 is 6.09 Å². The zero-order valence-corrected chi connectivity index (χ0v) is 11.6. The summed E-state index contributed by atoms with van der Waals surface area (Å²) >= 11 is 0. The molecule has 18 heavy (non-hydrogen) atoms. The van der Waals surface area contributed by atoms with Crippen LogP contribution >= 0.6 is 0 Å². The van der Waals surface area contributed by atoms with Crippen LogP contribution in [0.4, 0.5) is 4.79 Å². The molecule has 0 radical (unpaired) electrons. The van der Waals surface area contributed by atoms with Gasteiger partial charge in [-0.05, 0) is 40.0 Å². The van der Waals surface area contributed by atoms with Gasteiger partial charge in [-0.2, -0.15) is 0 Å². The van der Waals surface area contributed by atoms with Crippen LogP contribution in [0.5, 0.6) is 0 Å². The molecule has 1 aliphatic heterocycles. The van der Waals surface area contributed by atoms with E-state index in [9.17, 15) is 4.79 Å². The minimum Gasteiger partial charge on any atom is -0.444 e. The van der Waals surface area contributed by atoms with E-state index in [-0.39, 0.29) is 18.8 Å².